The number of hydrogen-bond acceptors (Lipinski definition) is 2. The van der Waals surface area contributed by atoms with Crippen molar-refractivity contribution in [1.82, 2.24) is 4.90 Å². The van der Waals surface area contributed by atoms with Gasteiger partial charge < -0.3 is 5.11 Å². The van der Waals surface area contributed by atoms with E-state index >= 15 is 0 Å². The monoisotopic (exact) mass is 185 g/mol. The minimum absolute atomic E-state index is 0.0658. The molecule has 0 atom stereocenters. The second-order valence-electron chi connectivity index (χ2n) is 4.38. The van der Waals surface area contributed by atoms with E-state index in [0.717, 1.165) is 5.57 Å². The lowest BCUT2D eigenvalue weighted by Gasteiger charge is -2.34. The number of hydrogen-bond donors (Lipinski definition) is 1. The Morgan fingerprint density at radius 3 is 2.08 bits per heavy atom. The van der Waals surface area contributed by atoms with Crippen molar-refractivity contribution in [1.29, 1.82) is 0 Å². The lowest BCUT2D eigenvalue weighted by Crippen LogP contribution is -2.45. The van der Waals surface area contributed by atoms with Crippen LogP contribution in [0.3, 0.4) is 0 Å². The van der Waals surface area contributed by atoms with Crippen LogP contribution in [0.1, 0.15) is 27.7 Å². The van der Waals surface area contributed by atoms with Crippen LogP contribution < -0.4 is 0 Å². The maximum Gasteiger partial charge on any atom is 0.317 e. The number of nitrogens with zero attached hydrogens (tertiary/aromatic N) is 1. The van der Waals surface area contributed by atoms with E-state index in [1.807, 2.05) is 32.6 Å². The predicted octanol–water partition coefficient (Wildman–Crippen LogP) is 1.75. The first-order valence-electron chi connectivity index (χ1n) is 4.34. The molecule has 0 fully saturated rings. The molecule has 0 aromatic heterocycles. The first-order chi connectivity index (χ1) is 5.73. The summed E-state index contributed by atoms with van der Waals surface area (Å²) < 4.78 is 0. The van der Waals surface area contributed by atoms with Crippen molar-refractivity contribution in [3.8, 4) is 0 Å². The molecule has 0 aromatic carbocycles. The Kier molecular flexibility index (Phi) is 4.14. The Morgan fingerprint density at radius 2 is 1.85 bits per heavy atom. The van der Waals surface area contributed by atoms with E-state index in [2.05, 4.69) is 6.58 Å². The smallest absolute Gasteiger partial charge is 0.317 e. The Balaban J connectivity index is 4.37. The Hall–Kier alpha value is -0.830. The van der Waals surface area contributed by atoms with Gasteiger partial charge in [0.15, 0.2) is 0 Å². The summed E-state index contributed by atoms with van der Waals surface area (Å²) in [5.41, 5.74) is 0.855. The fourth-order valence-electron chi connectivity index (χ4n) is 1.02. The average molecular weight is 185 g/mol. The van der Waals surface area contributed by atoms with E-state index in [-0.39, 0.29) is 12.1 Å². The standard InChI is InChI=1S/C10H19NO2/c1-8(2)6-11(7-9(12)13)10(3,4)5/h1,6-7H2,2-5H3,(H,12,13). The number of aliphatic carboxylic acids is 1. The molecular weight excluding hydrogens is 166 g/mol. The molecule has 0 aliphatic heterocycles. The van der Waals surface area contributed by atoms with Gasteiger partial charge in [0.1, 0.15) is 0 Å². The van der Waals surface area contributed by atoms with Gasteiger partial charge >= 0.3 is 5.97 Å². The van der Waals surface area contributed by atoms with Gasteiger partial charge in [-0.15, -0.1) is 0 Å². The van der Waals surface area contributed by atoms with Crippen molar-refractivity contribution in [3.05, 3.63) is 12.2 Å². The van der Waals surface area contributed by atoms with Gasteiger partial charge in [-0.25, -0.2) is 0 Å². The molecule has 0 unspecified atom stereocenters. The number of rotatable bonds is 4. The summed E-state index contributed by atoms with van der Waals surface area (Å²) in [6.45, 7) is 12.4. The summed E-state index contributed by atoms with van der Waals surface area (Å²) in [6, 6.07) is 0. The van der Waals surface area contributed by atoms with E-state index in [4.69, 9.17) is 5.11 Å². The average Bonchev–Trinajstić information content (AvgIpc) is 1.81. The van der Waals surface area contributed by atoms with Crippen LogP contribution in [-0.4, -0.2) is 34.6 Å². The fourth-order valence-corrected chi connectivity index (χ4v) is 1.02. The molecule has 0 bridgehead atoms. The molecule has 0 saturated carbocycles. The summed E-state index contributed by atoms with van der Waals surface area (Å²) in [6.07, 6.45) is 0. The van der Waals surface area contributed by atoms with Gasteiger partial charge in [-0.1, -0.05) is 12.2 Å². The van der Waals surface area contributed by atoms with Gasteiger partial charge in [-0.05, 0) is 27.7 Å². The largest absolute Gasteiger partial charge is 0.480 e. The summed E-state index contributed by atoms with van der Waals surface area (Å²) in [5.74, 6) is -0.795. The quantitative estimate of drug-likeness (QED) is 0.678. The van der Waals surface area contributed by atoms with Crippen molar-refractivity contribution in [3.63, 3.8) is 0 Å². The molecule has 0 rings (SSSR count). The number of carbonyl (C=O) groups is 1. The van der Waals surface area contributed by atoms with E-state index in [1.165, 1.54) is 0 Å². The van der Waals surface area contributed by atoms with Gasteiger partial charge in [0, 0.05) is 12.1 Å². The van der Waals surface area contributed by atoms with Crippen LogP contribution in [0.4, 0.5) is 0 Å². The second kappa shape index (κ2) is 4.42. The van der Waals surface area contributed by atoms with Crippen molar-refractivity contribution >= 4 is 5.97 Å². The molecule has 0 aliphatic carbocycles. The Morgan fingerprint density at radius 1 is 1.38 bits per heavy atom. The maximum absolute atomic E-state index is 10.6. The highest BCUT2D eigenvalue weighted by Crippen LogP contribution is 2.13. The van der Waals surface area contributed by atoms with E-state index < -0.39 is 5.97 Å². The molecule has 0 aliphatic rings. The Bertz CT molecular complexity index is 187. The van der Waals surface area contributed by atoms with Gasteiger partial charge in [0.2, 0.25) is 0 Å². The van der Waals surface area contributed by atoms with Crippen molar-refractivity contribution in [2.45, 2.75) is 33.2 Å². The fraction of sp³-hybridized carbons (Fsp3) is 0.700. The third-order valence-electron chi connectivity index (χ3n) is 1.74. The third-order valence-corrected chi connectivity index (χ3v) is 1.74. The topological polar surface area (TPSA) is 40.5 Å². The molecule has 3 heteroatoms. The molecule has 0 radical (unpaired) electrons. The van der Waals surface area contributed by atoms with Crippen LogP contribution in [0.5, 0.6) is 0 Å². The zero-order chi connectivity index (χ0) is 10.6. The van der Waals surface area contributed by atoms with Crippen LogP contribution >= 0.6 is 0 Å². The van der Waals surface area contributed by atoms with Crippen LogP contribution in [0.25, 0.3) is 0 Å². The van der Waals surface area contributed by atoms with Crippen LogP contribution in [-0.2, 0) is 4.79 Å². The highest BCUT2D eigenvalue weighted by Gasteiger charge is 2.22. The van der Waals surface area contributed by atoms with Crippen LogP contribution in [0.2, 0.25) is 0 Å². The van der Waals surface area contributed by atoms with Crippen molar-refractivity contribution in [2.75, 3.05) is 13.1 Å². The Labute approximate surface area is 80.0 Å². The lowest BCUT2D eigenvalue weighted by molar-refractivity contribution is -0.139. The highest BCUT2D eigenvalue weighted by atomic mass is 16.4. The minimum atomic E-state index is -0.795. The summed E-state index contributed by atoms with van der Waals surface area (Å²) in [4.78, 5) is 12.5. The summed E-state index contributed by atoms with van der Waals surface area (Å²) in [5, 5.41) is 8.69. The zero-order valence-electron chi connectivity index (χ0n) is 8.92. The number of carboxylic acids is 1. The van der Waals surface area contributed by atoms with E-state index in [0.29, 0.717) is 6.54 Å². The lowest BCUT2D eigenvalue weighted by atomic mass is 10.1. The van der Waals surface area contributed by atoms with E-state index in [9.17, 15) is 4.79 Å². The highest BCUT2D eigenvalue weighted by molar-refractivity contribution is 5.69. The predicted molar refractivity (Wildman–Crippen MR) is 53.8 cm³/mol. The number of carboxylic acid groups (broad SMARTS) is 1. The van der Waals surface area contributed by atoms with Gasteiger partial charge in [0.05, 0.1) is 6.54 Å². The normalized spacial score (nSPS) is 11.8. The van der Waals surface area contributed by atoms with Crippen molar-refractivity contribution in [2.24, 2.45) is 0 Å². The molecule has 1 N–H and O–H groups in total. The van der Waals surface area contributed by atoms with Crippen LogP contribution in [0, 0.1) is 0 Å². The van der Waals surface area contributed by atoms with Gasteiger partial charge in [0.25, 0.3) is 0 Å². The first kappa shape index (κ1) is 12.2. The van der Waals surface area contributed by atoms with Gasteiger partial charge in [-0.3, -0.25) is 9.69 Å². The maximum atomic E-state index is 10.6. The third kappa shape index (κ3) is 5.42. The first-order valence-corrected chi connectivity index (χ1v) is 4.34. The van der Waals surface area contributed by atoms with E-state index in [1.54, 1.807) is 0 Å². The molecule has 0 aromatic rings. The summed E-state index contributed by atoms with van der Waals surface area (Å²) >= 11 is 0. The zero-order valence-corrected chi connectivity index (χ0v) is 8.92. The SMILES string of the molecule is C=C(C)CN(CC(=O)O)C(C)(C)C. The molecule has 76 valence electrons. The molecule has 0 saturated heterocycles. The van der Waals surface area contributed by atoms with Crippen molar-refractivity contribution < 1.29 is 9.90 Å². The molecule has 0 spiro atoms. The summed E-state index contributed by atoms with van der Waals surface area (Å²) in [7, 11) is 0. The molecule has 0 heterocycles. The molecule has 0 amide bonds. The minimum Gasteiger partial charge on any atom is -0.480 e. The molecular formula is C10H19NO2. The molecule has 13 heavy (non-hydrogen) atoms. The molecule has 3 nitrogen and oxygen atoms in total. The van der Waals surface area contributed by atoms with Gasteiger partial charge in [-0.2, -0.15) is 0 Å². The second-order valence-corrected chi connectivity index (χ2v) is 4.38. The van der Waals surface area contributed by atoms with Crippen LogP contribution in [0.15, 0.2) is 12.2 Å².